The van der Waals surface area contributed by atoms with Crippen molar-refractivity contribution in [2.75, 3.05) is 7.11 Å². The number of nitrogens with two attached hydrogens (primary N) is 1. The molecular weight excluding hydrogens is 643 g/mol. The van der Waals surface area contributed by atoms with E-state index in [1.807, 2.05) is 0 Å². The Kier molecular flexibility index (Phi) is 10.0. The Balaban J connectivity index is 1.82. The second-order valence-electron chi connectivity index (χ2n) is 9.51. The third-order valence-corrected chi connectivity index (χ3v) is 7.47. The Bertz CT molecular complexity index is 1550. The van der Waals surface area contributed by atoms with Gasteiger partial charge >= 0.3 is 6.18 Å². The number of halogens is 7. The van der Waals surface area contributed by atoms with Crippen molar-refractivity contribution in [1.29, 1.82) is 0 Å². The number of aliphatic imine (C=N–C) groups is 1. The topological polar surface area (TPSA) is 141 Å². The molecule has 1 aromatic carbocycles. The van der Waals surface area contributed by atoms with Crippen LogP contribution < -0.4 is 5.73 Å². The van der Waals surface area contributed by atoms with Crippen LogP contribution in [0.4, 0.5) is 17.6 Å². The molecule has 0 saturated carbocycles. The zero-order valence-corrected chi connectivity index (χ0v) is 24.9. The fraction of sp³-hybridized carbons (Fsp3) is 0.385. The van der Waals surface area contributed by atoms with Crippen LogP contribution in [0.25, 0.3) is 11.3 Å². The van der Waals surface area contributed by atoms with Crippen molar-refractivity contribution >= 4 is 46.6 Å². The number of aryl methyl sites for hydroxylation is 1. The number of aromatic nitrogens is 4. The van der Waals surface area contributed by atoms with Gasteiger partial charge in [0.2, 0.25) is 0 Å². The molecule has 43 heavy (non-hydrogen) atoms. The molecule has 1 aliphatic rings. The summed E-state index contributed by atoms with van der Waals surface area (Å²) >= 11 is 17.9. The number of aliphatic hydroxyl groups is 2. The van der Waals surface area contributed by atoms with E-state index in [2.05, 4.69) is 20.1 Å². The molecule has 4 N–H and O–H groups in total. The van der Waals surface area contributed by atoms with Gasteiger partial charge in [0.15, 0.2) is 17.3 Å². The molecule has 4 unspecified atom stereocenters. The molecule has 1 saturated heterocycles. The van der Waals surface area contributed by atoms with Crippen LogP contribution in [0.15, 0.2) is 35.6 Å². The van der Waals surface area contributed by atoms with Gasteiger partial charge in [0.25, 0.3) is 0 Å². The average molecular weight is 668 g/mol. The number of pyridine rings is 1. The van der Waals surface area contributed by atoms with E-state index in [9.17, 15) is 27.8 Å². The number of nitrogens with zero attached hydrogens (tertiary/aromatic N) is 5. The molecule has 1 fully saturated rings. The number of alkyl halides is 3. The fourth-order valence-electron chi connectivity index (χ4n) is 4.66. The summed E-state index contributed by atoms with van der Waals surface area (Å²) < 4.78 is 68.4. The normalized spacial score (nSPS) is 24.1. The molecule has 232 valence electrons. The summed E-state index contributed by atoms with van der Waals surface area (Å²) in [6.45, 7) is 2.82. The minimum absolute atomic E-state index is 0.0363. The van der Waals surface area contributed by atoms with Crippen LogP contribution in [-0.4, -0.2) is 73.7 Å². The van der Waals surface area contributed by atoms with Gasteiger partial charge in [-0.1, -0.05) is 40.9 Å². The van der Waals surface area contributed by atoms with E-state index in [0.717, 1.165) is 23.1 Å². The Hall–Kier alpha value is -2.85. The molecule has 0 bridgehead atoms. The quantitative estimate of drug-likeness (QED) is 0.187. The van der Waals surface area contributed by atoms with E-state index in [1.165, 1.54) is 39.3 Å². The fourth-order valence-corrected chi connectivity index (χ4v) is 5.29. The van der Waals surface area contributed by atoms with E-state index in [4.69, 9.17) is 50.0 Å². The summed E-state index contributed by atoms with van der Waals surface area (Å²) in [7, 11) is 1.30. The van der Waals surface area contributed by atoms with Crippen molar-refractivity contribution in [2.45, 2.75) is 56.6 Å². The highest BCUT2D eigenvalue weighted by atomic mass is 35.5. The highest BCUT2D eigenvalue weighted by Gasteiger charge is 2.50. The second-order valence-corrected chi connectivity index (χ2v) is 10.7. The molecule has 4 rings (SSSR count). The summed E-state index contributed by atoms with van der Waals surface area (Å²) in [5.41, 5.74) is 4.16. The first-order chi connectivity index (χ1) is 20.2. The maximum atomic E-state index is 14.4. The molecule has 17 heteroatoms. The van der Waals surface area contributed by atoms with E-state index in [1.54, 1.807) is 0 Å². The van der Waals surface area contributed by atoms with Gasteiger partial charge in [-0.15, -0.1) is 0 Å². The number of allylic oxidation sites excluding steroid dienone is 1. The van der Waals surface area contributed by atoms with Gasteiger partial charge in [0.1, 0.15) is 36.3 Å². The van der Waals surface area contributed by atoms with Gasteiger partial charge in [0, 0.05) is 36.9 Å². The smallest absolute Gasteiger partial charge is 0.404 e. The maximum Gasteiger partial charge on any atom is 0.435 e. The van der Waals surface area contributed by atoms with E-state index < -0.39 is 59.9 Å². The summed E-state index contributed by atoms with van der Waals surface area (Å²) in [6, 6.07) is 2.46. The van der Waals surface area contributed by atoms with Crippen molar-refractivity contribution in [3.05, 3.63) is 74.4 Å². The van der Waals surface area contributed by atoms with Crippen LogP contribution in [0.2, 0.25) is 15.1 Å². The summed E-state index contributed by atoms with van der Waals surface area (Å²) in [5.74, 6) is -1.10. The van der Waals surface area contributed by atoms with Gasteiger partial charge in [-0.3, -0.25) is 4.99 Å². The molecule has 1 aliphatic heterocycles. The number of aliphatic hydroxyl groups excluding tert-OH is 2. The summed E-state index contributed by atoms with van der Waals surface area (Å²) in [5, 5.41) is 25.5. The largest absolute Gasteiger partial charge is 0.435 e. The summed E-state index contributed by atoms with van der Waals surface area (Å²) in [4.78, 5) is 12.1. The molecule has 0 amide bonds. The highest BCUT2D eigenvalue weighted by molar-refractivity contribution is 6.37. The lowest BCUT2D eigenvalue weighted by atomic mass is 9.90. The minimum atomic E-state index is -4.90. The molecule has 3 aromatic rings. The standard InChI is InChI=1S/C26H25Cl3F4N6O4/c1-10(40)21-22(42-3)19(35-8-12(7-34)14-4-5-15(28)18(30)17(14)29)20(41)23(43-21)25-37-11(2)38-39(25)16-6-13(27)9-36-24(16)26(31,32)33/h4-10,19-23,40-41H,34H2,1-3H3/b12-7+,35-8?/t10?,19?,20?,21?,22-,23-/m1/s1. The van der Waals surface area contributed by atoms with Crippen LogP contribution in [-0.2, 0) is 15.7 Å². The zero-order chi connectivity index (χ0) is 31.8. The van der Waals surface area contributed by atoms with Crippen molar-refractivity contribution in [3.8, 4) is 5.69 Å². The Morgan fingerprint density at radius 1 is 1.28 bits per heavy atom. The molecule has 0 aliphatic carbocycles. The predicted octanol–water partition coefficient (Wildman–Crippen LogP) is 4.72. The predicted molar refractivity (Wildman–Crippen MR) is 151 cm³/mol. The number of ether oxygens (including phenoxy) is 2. The Labute approximate surface area is 257 Å². The van der Waals surface area contributed by atoms with Gasteiger partial charge in [-0.25, -0.2) is 19.0 Å². The molecular formula is C26H25Cl3F4N6O4. The number of methoxy groups -OCH3 is 1. The first-order valence-electron chi connectivity index (χ1n) is 12.5. The third-order valence-electron chi connectivity index (χ3n) is 6.61. The Morgan fingerprint density at radius 2 is 1.98 bits per heavy atom. The lowest BCUT2D eigenvalue weighted by Crippen LogP contribution is -2.57. The second kappa shape index (κ2) is 13.0. The first-order valence-corrected chi connectivity index (χ1v) is 13.6. The first kappa shape index (κ1) is 33.1. The number of rotatable bonds is 7. The number of hydrogen-bond acceptors (Lipinski definition) is 9. The molecule has 6 atom stereocenters. The SMILES string of the molecule is CO[C@@H]1C(N=C/C(=C\N)c2ccc(Cl)c(F)c2Cl)C(O)[C@H](c2nc(C)nn2-c2cc(Cl)cnc2C(F)(F)F)OC1C(C)O. The number of benzene rings is 1. The van der Waals surface area contributed by atoms with Gasteiger partial charge in [-0.2, -0.15) is 18.3 Å². The van der Waals surface area contributed by atoms with Crippen molar-refractivity contribution < 1.29 is 37.2 Å². The summed E-state index contributed by atoms with van der Waals surface area (Å²) in [6.07, 6.45) is -8.32. The third kappa shape index (κ3) is 6.65. The average Bonchev–Trinajstić information content (AvgIpc) is 3.33. The molecule has 3 heterocycles. The van der Waals surface area contributed by atoms with Crippen LogP contribution in [0.3, 0.4) is 0 Å². The van der Waals surface area contributed by atoms with Crippen molar-refractivity contribution in [3.63, 3.8) is 0 Å². The van der Waals surface area contributed by atoms with Crippen LogP contribution in [0.1, 0.15) is 35.9 Å². The van der Waals surface area contributed by atoms with Crippen molar-refractivity contribution in [1.82, 2.24) is 19.7 Å². The monoisotopic (exact) mass is 666 g/mol. The molecule has 0 spiro atoms. The lowest BCUT2D eigenvalue weighted by Gasteiger charge is -2.43. The molecule has 10 nitrogen and oxygen atoms in total. The minimum Gasteiger partial charge on any atom is -0.404 e. The van der Waals surface area contributed by atoms with Gasteiger partial charge < -0.3 is 25.4 Å². The van der Waals surface area contributed by atoms with Crippen LogP contribution in [0, 0.1) is 12.7 Å². The lowest BCUT2D eigenvalue weighted by molar-refractivity contribution is -0.215. The van der Waals surface area contributed by atoms with E-state index >= 15 is 0 Å². The van der Waals surface area contributed by atoms with Crippen molar-refractivity contribution in [2.24, 2.45) is 10.7 Å². The Morgan fingerprint density at radius 3 is 2.58 bits per heavy atom. The number of hydrogen-bond donors (Lipinski definition) is 3. The van der Waals surface area contributed by atoms with Gasteiger partial charge in [0.05, 0.1) is 26.9 Å². The van der Waals surface area contributed by atoms with Crippen LogP contribution >= 0.6 is 34.8 Å². The molecule has 2 aromatic heterocycles. The zero-order valence-electron chi connectivity index (χ0n) is 22.6. The van der Waals surface area contributed by atoms with Crippen LogP contribution in [0.5, 0.6) is 0 Å². The van der Waals surface area contributed by atoms with E-state index in [0.29, 0.717) is 0 Å². The molecule has 0 radical (unpaired) electrons. The van der Waals surface area contributed by atoms with E-state index in [-0.39, 0.29) is 37.9 Å². The van der Waals surface area contributed by atoms with Gasteiger partial charge in [-0.05, 0) is 26.0 Å². The maximum absolute atomic E-state index is 14.4. The highest BCUT2D eigenvalue weighted by Crippen LogP contribution is 2.39.